The summed E-state index contributed by atoms with van der Waals surface area (Å²) in [7, 11) is 0. The second kappa shape index (κ2) is 5.46. The predicted molar refractivity (Wildman–Crippen MR) is 64.4 cm³/mol. The van der Waals surface area contributed by atoms with Crippen LogP contribution in [0.2, 0.25) is 0 Å². The SMILES string of the molecule is Cc1cccc(CC(O)C2CCCOC2)c1. The molecule has 1 aliphatic heterocycles. The second-order valence-corrected chi connectivity index (χ2v) is 4.74. The summed E-state index contributed by atoms with van der Waals surface area (Å²) < 4.78 is 5.40. The first-order chi connectivity index (χ1) is 7.75. The zero-order chi connectivity index (χ0) is 11.4. The van der Waals surface area contributed by atoms with E-state index < -0.39 is 0 Å². The standard InChI is InChI=1S/C14H20O2/c1-11-4-2-5-12(8-11)9-14(15)13-6-3-7-16-10-13/h2,4-5,8,13-15H,3,6-7,9-10H2,1H3. The van der Waals surface area contributed by atoms with Crippen LogP contribution in [0, 0.1) is 12.8 Å². The average Bonchev–Trinajstić information content (AvgIpc) is 2.30. The first-order valence-corrected chi connectivity index (χ1v) is 6.07. The summed E-state index contributed by atoms with van der Waals surface area (Å²) in [5.41, 5.74) is 2.47. The molecule has 0 aliphatic carbocycles. The molecule has 1 heterocycles. The van der Waals surface area contributed by atoms with Crippen molar-refractivity contribution in [1.82, 2.24) is 0 Å². The molecule has 1 N–H and O–H groups in total. The average molecular weight is 220 g/mol. The first-order valence-electron chi connectivity index (χ1n) is 6.07. The van der Waals surface area contributed by atoms with Gasteiger partial charge in [0, 0.05) is 12.5 Å². The molecule has 0 bridgehead atoms. The zero-order valence-corrected chi connectivity index (χ0v) is 9.86. The Kier molecular flexibility index (Phi) is 3.97. The van der Waals surface area contributed by atoms with Crippen LogP contribution in [0.15, 0.2) is 24.3 Å². The Balaban J connectivity index is 1.93. The zero-order valence-electron chi connectivity index (χ0n) is 9.86. The topological polar surface area (TPSA) is 29.5 Å². The Morgan fingerprint density at radius 3 is 3.06 bits per heavy atom. The minimum Gasteiger partial charge on any atom is -0.392 e. The van der Waals surface area contributed by atoms with Crippen LogP contribution < -0.4 is 0 Å². The van der Waals surface area contributed by atoms with Gasteiger partial charge in [-0.3, -0.25) is 0 Å². The highest BCUT2D eigenvalue weighted by Gasteiger charge is 2.22. The van der Waals surface area contributed by atoms with Crippen molar-refractivity contribution in [2.75, 3.05) is 13.2 Å². The van der Waals surface area contributed by atoms with E-state index in [1.807, 2.05) is 0 Å². The molecule has 0 amide bonds. The molecule has 0 spiro atoms. The minimum absolute atomic E-state index is 0.262. The number of aryl methyl sites for hydroxylation is 1. The Morgan fingerprint density at radius 1 is 1.50 bits per heavy atom. The molecule has 1 aromatic rings. The third-order valence-corrected chi connectivity index (χ3v) is 3.27. The fourth-order valence-electron chi connectivity index (χ4n) is 2.32. The van der Waals surface area contributed by atoms with E-state index in [1.165, 1.54) is 11.1 Å². The van der Waals surface area contributed by atoms with Crippen molar-refractivity contribution >= 4 is 0 Å². The lowest BCUT2D eigenvalue weighted by Gasteiger charge is -2.26. The molecule has 1 aromatic carbocycles. The maximum absolute atomic E-state index is 10.1. The lowest BCUT2D eigenvalue weighted by molar-refractivity contribution is -0.00847. The van der Waals surface area contributed by atoms with Gasteiger partial charge in [0.25, 0.3) is 0 Å². The van der Waals surface area contributed by atoms with Crippen molar-refractivity contribution < 1.29 is 9.84 Å². The van der Waals surface area contributed by atoms with Crippen LogP contribution in [0.3, 0.4) is 0 Å². The molecule has 2 heteroatoms. The molecular formula is C14H20O2. The highest BCUT2D eigenvalue weighted by atomic mass is 16.5. The van der Waals surface area contributed by atoms with Crippen LogP contribution in [0.4, 0.5) is 0 Å². The number of rotatable bonds is 3. The summed E-state index contributed by atoms with van der Waals surface area (Å²) >= 11 is 0. The molecule has 1 fully saturated rings. The Morgan fingerprint density at radius 2 is 2.38 bits per heavy atom. The van der Waals surface area contributed by atoms with Crippen molar-refractivity contribution in [3.8, 4) is 0 Å². The van der Waals surface area contributed by atoms with Crippen LogP contribution in [-0.4, -0.2) is 24.4 Å². The van der Waals surface area contributed by atoms with Gasteiger partial charge in [0.2, 0.25) is 0 Å². The van der Waals surface area contributed by atoms with Gasteiger partial charge in [-0.05, 0) is 31.7 Å². The maximum Gasteiger partial charge on any atom is 0.0630 e. The van der Waals surface area contributed by atoms with Gasteiger partial charge in [-0.25, -0.2) is 0 Å². The van der Waals surface area contributed by atoms with Gasteiger partial charge >= 0.3 is 0 Å². The molecule has 1 aliphatic rings. The summed E-state index contributed by atoms with van der Waals surface area (Å²) in [4.78, 5) is 0. The molecule has 16 heavy (non-hydrogen) atoms. The summed E-state index contributed by atoms with van der Waals surface area (Å²) in [6.07, 6.45) is 2.65. The lowest BCUT2D eigenvalue weighted by Crippen LogP contribution is -2.30. The van der Waals surface area contributed by atoms with E-state index in [0.717, 1.165) is 25.9 Å². The summed E-state index contributed by atoms with van der Waals surface area (Å²) in [6, 6.07) is 8.36. The van der Waals surface area contributed by atoms with Gasteiger partial charge in [0.1, 0.15) is 0 Å². The van der Waals surface area contributed by atoms with Crippen molar-refractivity contribution in [2.45, 2.75) is 32.3 Å². The fourth-order valence-corrected chi connectivity index (χ4v) is 2.32. The second-order valence-electron chi connectivity index (χ2n) is 4.74. The van der Waals surface area contributed by atoms with Crippen molar-refractivity contribution in [3.05, 3.63) is 35.4 Å². The van der Waals surface area contributed by atoms with Crippen LogP contribution in [0.5, 0.6) is 0 Å². The normalized spacial score (nSPS) is 23.0. The Hall–Kier alpha value is -0.860. The maximum atomic E-state index is 10.1. The smallest absolute Gasteiger partial charge is 0.0630 e. The number of aliphatic hydroxyl groups is 1. The van der Waals surface area contributed by atoms with E-state index in [4.69, 9.17) is 4.74 Å². The van der Waals surface area contributed by atoms with Gasteiger partial charge in [-0.1, -0.05) is 29.8 Å². The van der Waals surface area contributed by atoms with E-state index in [2.05, 4.69) is 31.2 Å². The largest absolute Gasteiger partial charge is 0.392 e. The van der Waals surface area contributed by atoms with E-state index in [-0.39, 0.29) is 6.10 Å². The monoisotopic (exact) mass is 220 g/mol. The van der Waals surface area contributed by atoms with E-state index in [1.54, 1.807) is 0 Å². The molecule has 0 saturated carbocycles. The Labute approximate surface area is 97.3 Å². The molecule has 2 nitrogen and oxygen atoms in total. The van der Waals surface area contributed by atoms with Gasteiger partial charge in [0.05, 0.1) is 12.7 Å². The van der Waals surface area contributed by atoms with E-state index >= 15 is 0 Å². The van der Waals surface area contributed by atoms with Gasteiger partial charge < -0.3 is 9.84 Å². The van der Waals surface area contributed by atoms with Crippen molar-refractivity contribution in [1.29, 1.82) is 0 Å². The van der Waals surface area contributed by atoms with E-state index in [9.17, 15) is 5.11 Å². The number of benzene rings is 1. The number of hydrogen-bond donors (Lipinski definition) is 1. The molecule has 1 saturated heterocycles. The number of ether oxygens (including phenoxy) is 1. The van der Waals surface area contributed by atoms with Gasteiger partial charge in [-0.2, -0.15) is 0 Å². The highest BCUT2D eigenvalue weighted by molar-refractivity contribution is 5.22. The molecule has 2 rings (SSSR count). The predicted octanol–water partition coefficient (Wildman–Crippen LogP) is 2.33. The summed E-state index contributed by atoms with van der Waals surface area (Å²) in [6.45, 7) is 3.65. The summed E-state index contributed by atoms with van der Waals surface area (Å²) in [5.74, 6) is 0.314. The molecule has 2 atom stereocenters. The van der Waals surface area contributed by atoms with Crippen molar-refractivity contribution in [2.24, 2.45) is 5.92 Å². The first kappa shape index (κ1) is 11.6. The third kappa shape index (κ3) is 3.06. The molecule has 0 aromatic heterocycles. The lowest BCUT2D eigenvalue weighted by atomic mass is 9.91. The Bertz CT molecular complexity index is 329. The van der Waals surface area contributed by atoms with Crippen LogP contribution in [0.25, 0.3) is 0 Å². The molecular weight excluding hydrogens is 200 g/mol. The molecule has 0 radical (unpaired) electrons. The van der Waals surface area contributed by atoms with Crippen LogP contribution >= 0.6 is 0 Å². The molecule has 2 unspecified atom stereocenters. The quantitative estimate of drug-likeness (QED) is 0.847. The minimum atomic E-state index is -0.262. The van der Waals surface area contributed by atoms with Gasteiger partial charge in [-0.15, -0.1) is 0 Å². The van der Waals surface area contributed by atoms with E-state index in [0.29, 0.717) is 12.5 Å². The number of hydrogen-bond acceptors (Lipinski definition) is 2. The van der Waals surface area contributed by atoms with Crippen LogP contribution in [-0.2, 0) is 11.2 Å². The highest BCUT2D eigenvalue weighted by Crippen LogP contribution is 2.20. The fraction of sp³-hybridized carbons (Fsp3) is 0.571. The molecule has 88 valence electrons. The van der Waals surface area contributed by atoms with Gasteiger partial charge in [0.15, 0.2) is 0 Å². The van der Waals surface area contributed by atoms with Crippen LogP contribution in [0.1, 0.15) is 24.0 Å². The summed E-state index contributed by atoms with van der Waals surface area (Å²) in [5, 5.41) is 10.1. The third-order valence-electron chi connectivity index (χ3n) is 3.27. The van der Waals surface area contributed by atoms with Crippen molar-refractivity contribution in [3.63, 3.8) is 0 Å². The number of aliphatic hydroxyl groups excluding tert-OH is 1.